The minimum Gasteiger partial charge on any atom is -1.00 e. The van der Waals surface area contributed by atoms with Gasteiger partial charge in [-0.25, -0.2) is 0 Å². The molecule has 1 aromatic rings. The first-order chi connectivity index (χ1) is 9.18. The van der Waals surface area contributed by atoms with Crippen molar-refractivity contribution in [3.63, 3.8) is 0 Å². The van der Waals surface area contributed by atoms with Crippen LogP contribution >= 0.6 is 0 Å². The molecular formula is C14H20ClN2NaO4. The van der Waals surface area contributed by atoms with Crippen LogP contribution in [0.5, 0.6) is 0 Å². The van der Waals surface area contributed by atoms with Crippen molar-refractivity contribution in [2.24, 2.45) is 0 Å². The van der Waals surface area contributed by atoms with Crippen LogP contribution < -0.4 is 47.1 Å². The number of pyridine rings is 1. The third-order valence-corrected chi connectivity index (χ3v) is 2.52. The molecule has 8 heteroatoms. The molecule has 1 aromatic heterocycles. The number of carboxylic acids is 2. The summed E-state index contributed by atoms with van der Waals surface area (Å²) in [5, 5.41) is 18.9. The molecule has 0 radical (unpaired) electrons. The Morgan fingerprint density at radius 1 is 1.36 bits per heavy atom. The van der Waals surface area contributed by atoms with Gasteiger partial charge in [0, 0.05) is 12.4 Å². The van der Waals surface area contributed by atoms with Gasteiger partial charge in [0.2, 0.25) is 0 Å². The summed E-state index contributed by atoms with van der Waals surface area (Å²) in [5.41, 5.74) is 1.11. The Labute approximate surface area is 159 Å². The second kappa shape index (κ2) is 12.6. The molecule has 0 aromatic carbocycles. The molecule has 0 bridgehead atoms. The van der Waals surface area contributed by atoms with Crippen molar-refractivity contribution in [2.45, 2.75) is 12.5 Å². The van der Waals surface area contributed by atoms with Crippen LogP contribution in [-0.2, 0) is 9.59 Å². The summed E-state index contributed by atoms with van der Waals surface area (Å²) in [6.07, 6.45) is 4.88. The van der Waals surface area contributed by atoms with E-state index in [1.54, 1.807) is 39.6 Å². The van der Waals surface area contributed by atoms with Crippen LogP contribution in [0.25, 0.3) is 6.08 Å². The molecule has 0 aliphatic heterocycles. The summed E-state index contributed by atoms with van der Waals surface area (Å²) in [7, 11) is 4.84. The molecule has 118 valence electrons. The van der Waals surface area contributed by atoms with E-state index in [4.69, 9.17) is 5.11 Å². The van der Waals surface area contributed by atoms with Crippen LogP contribution in [0.4, 0.5) is 0 Å². The average Bonchev–Trinajstić information content (AvgIpc) is 2.36. The number of aliphatic carboxylic acids is 2. The van der Waals surface area contributed by atoms with Gasteiger partial charge in [-0.15, -0.1) is 0 Å². The predicted molar refractivity (Wildman–Crippen MR) is 73.4 cm³/mol. The largest absolute Gasteiger partial charge is 1.00 e. The van der Waals surface area contributed by atoms with Crippen LogP contribution in [0.1, 0.15) is 12.0 Å². The fourth-order valence-electron chi connectivity index (χ4n) is 1.34. The Balaban J connectivity index is -0.000000318. The first-order valence-corrected chi connectivity index (χ1v) is 5.94. The number of carbonyl (C=O) groups excluding carboxylic acids is 1. The predicted octanol–water partition coefficient (Wildman–Crippen LogP) is -5.98. The first kappa shape index (κ1) is 26.0. The van der Waals surface area contributed by atoms with Gasteiger partial charge in [-0.1, -0.05) is 12.7 Å². The number of rotatable bonds is 5. The summed E-state index contributed by atoms with van der Waals surface area (Å²) in [5.74, 6) is -2.46. The van der Waals surface area contributed by atoms with Crippen molar-refractivity contribution >= 4 is 18.0 Å². The van der Waals surface area contributed by atoms with Crippen LogP contribution in [0.2, 0.25) is 0 Å². The van der Waals surface area contributed by atoms with E-state index in [9.17, 15) is 14.7 Å². The number of carbonyl (C=O) groups is 2. The van der Waals surface area contributed by atoms with Crippen molar-refractivity contribution in [2.75, 3.05) is 21.1 Å². The molecule has 1 atom stereocenters. The average molecular weight is 339 g/mol. The quantitative estimate of drug-likeness (QED) is 0.426. The number of hydrogen-bond donors (Lipinski definition) is 1. The zero-order valence-electron chi connectivity index (χ0n) is 13.3. The van der Waals surface area contributed by atoms with Gasteiger partial charge in [-0.05, 0) is 17.7 Å². The number of hydrogen-bond acceptors (Lipinski definition) is 4. The molecule has 6 nitrogen and oxygen atoms in total. The first-order valence-electron chi connectivity index (χ1n) is 5.94. The van der Waals surface area contributed by atoms with Crippen LogP contribution in [0.3, 0.4) is 0 Å². The second-order valence-corrected chi connectivity index (χ2v) is 5.03. The van der Waals surface area contributed by atoms with Crippen LogP contribution in [0, 0.1) is 0 Å². The van der Waals surface area contributed by atoms with Crippen molar-refractivity contribution in [3.05, 3.63) is 36.7 Å². The van der Waals surface area contributed by atoms with Crippen molar-refractivity contribution in [1.82, 2.24) is 4.98 Å². The standard InChI is InChI=1S/C7H13NO4.C7H7N.ClH.Na/c1-8(2,3)5(7(11)12)4-6(9)10;1-2-7-3-5-8-6-4-7;;/h5H,4H2,1-3H3,(H-,9,10,11,12);2-6H,1H2;1H;/q;;;+1/p-1. The topological polar surface area (TPSA) is 90.3 Å². The number of carboxylic acid groups (broad SMARTS) is 2. The van der Waals surface area contributed by atoms with E-state index >= 15 is 0 Å². The Kier molecular flexibility index (Phi) is 14.9. The summed E-state index contributed by atoms with van der Waals surface area (Å²) in [6.45, 7) is 3.60. The van der Waals surface area contributed by atoms with Gasteiger partial charge in [-0.3, -0.25) is 9.78 Å². The van der Waals surface area contributed by atoms with Gasteiger partial charge in [0.1, 0.15) is 12.5 Å². The SMILES string of the molecule is C=Cc1ccncc1.C[N+](C)(C)C(CC(=O)O)C(=O)[O-].[Cl-].[Na+]. The van der Waals surface area contributed by atoms with Crippen molar-refractivity contribution < 1.29 is 66.2 Å². The third-order valence-electron chi connectivity index (χ3n) is 2.52. The molecule has 22 heavy (non-hydrogen) atoms. The fourth-order valence-corrected chi connectivity index (χ4v) is 1.34. The van der Waals surface area contributed by atoms with Gasteiger partial charge in [0.05, 0.1) is 27.1 Å². The number of aromatic nitrogens is 1. The van der Waals surface area contributed by atoms with Gasteiger partial charge in [-0.2, -0.15) is 0 Å². The number of likely N-dealkylation sites (N-methyl/N-ethyl adjacent to an activating group) is 1. The second-order valence-electron chi connectivity index (χ2n) is 5.03. The van der Waals surface area contributed by atoms with E-state index in [1.807, 2.05) is 12.1 Å². The molecule has 1 N–H and O–H groups in total. The van der Waals surface area contributed by atoms with E-state index in [0.29, 0.717) is 0 Å². The van der Waals surface area contributed by atoms with E-state index in [-0.39, 0.29) is 46.4 Å². The zero-order chi connectivity index (χ0) is 15.8. The van der Waals surface area contributed by atoms with Crippen LogP contribution in [0.15, 0.2) is 31.1 Å². The Bertz CT molecular complexity index is 464. The zero-order valence-corrected chi connectivity index (χ0v) is 16.1. The normalized spacial score (nSPS) is 10.7. The maximum atomic E-state index is 10.5. The van der Waals surface area contributed by atoms with Crippen molar-refractivity contribution in [3.8, 4) is 0 Å². The molecule has 0 saturated carbocycles. The third kappa shape index (κ3) is 11.7. The van der Waals surface area contributed by atoms with E-state index < -0.39 is 24.4 Å². The van der Waals surface area contributed by atoms with Gasteiger partial charge < -0.3 is 31.9 Å². The monoisotopic (exact) mass is 338 g/mol. The molecule has 1 rings (SSSR count). The number of halogens is 1. The maximum absolute atomic E-state index is 10.5. The van der Waals surface area contributed by atoms with Gasteiger partial charge >= 0.3 is 35.5 Å². The minimum atomic E-state index is -1.33. The number of quaternary nitrogens is 1. The maximum Gasteiger partial charge on any atom is 1.00 e. The Morgan fingerprint density at radius 2 is 1.82 bits per heavy atom. The summed E-state index contributed by atoms with van der Waals surface area (Å²) in [6, 6.07) is 2.82. The molecule has 1 unspecified atom stereocenters. The van der Waals surface area contributed by atoms with Gasteiger partial charge in [0.25, 0.3) is 0 Å². The van der Waals surface area contributed by atoms with E-state index in [2.05, 4.69) is 11.6 Å². The molecule has 0 fully saturated rings. The van der Waals surface area contributed by atoms with Crippen molar-refractivity contribution in [1.29, 1.82) is 0 Å². The Morgan fingerprint density at radius 3 is 2.00 bits per heavy atom. The molecule has 0 spiro atoms. The van der Waals surface area contributed by atoms with E-state index in [0.717, 1.165) is 5.56 Å². The van der Waals surface area contributed by atoms with Crippen LogP contribution in [-0.4, -0.2) is 53.7 Å². The molecule has 0 amide bonds. The molecule has 1 heterocycles. The molecule has 0 aliphatic rings. The van der Waals surface area contributed by atoms with E-state index in [1.165, 1.54) is 0 Å². The fraction of sp³-hybridized carbons (Fsp3) is 0.357. The summed E-state index contributed by atoms with van der Waals surface area (Å²) >= 11 is 0. The minimum absolute atomic E-state index is 0. The molecular weight excluding hydrogens is 319 g/mol. The summed E-state index contributed by atoms with van der Waals surface area (Å²) < 4.78 is 0.0502. The molecule has 0 saturated heterocycles. The number of nitrogens with zero attached hydrogens (tertiary/aromatic N) is 2. The molecule has 0 aliphatic carbocycles. The Hall–Kier alpha value is -0.920. The summed E-state index contributed by atoms with van der Waals surface area (Å²) in [4.78, 5) is 24.6. The van der Waals surface area contributed by atoms with Gasteiger partial charge in [0.15, 0.2) is 0 Å². The smallest absolute Gasteiger partial charge is 1.00 e.